The zero-order valence-electron chi connectivity index (χ0n) is 11.4. The zero-order chi connectivity index (χ0) is 13.9. The van der Waals surface area contributed by atoms with E-state index in [2.05, 4.69) is 19.9 Å². The minimum atomic E-state index is -0.0337. The highest BCUT2D eigenvalue weighted by Gasteiger charge is 2.29. The molecule has 20 heavy (non-hydrogen) atoms. The van der Waals surface area contributed by atoms with Gasteiger partial charge in [-0.15, -0.1) is 0 Å². The molecule has 0 bridgehead atoms. The third kappa shape index (κ3) is 2.41. The number of ketones is 1. The Labute approximate surface area is 117 Å². The Bertz CT molecular complexity index is 595. The maximum absolute atomic E-state index is 12.5. The molecule has 1 saturated heterocycles. The Kier molecular flexibility index (Phi) is 3.45. The number of rotatable bonds is 3. The standard InChI is InChI=1S/C14H17N5O/c1-18-9-7-15-13(18)12(20)11-4-2-8-19(10-11)14-16-5-3-6-17-14/h3,5-7,9,11H,2,4,8,10H2,1H3. The van der Waals surface area contributed by atoms with Gasteiger partial charge >= 0.3 is 0 Å². The highest BCUT2D eigenvalue weighted by atomic mass is 16.1. The van der Waals surface area contributed by atoms with Crippen molar-refractivity contribution in [2.24, 2.45) is 13.0 Å². The first-order valence-electron chi connectivity index (χ1n) is 6.79. The second-order valence-corrected chi connectivity index (χ2v) is 5.06. The maximum atomic E-state index is 12.5. The van der Waals surface area contributed by atoms with E-state index >= 15 is 0 Å². The van der Waals surface area contributed by atoms with Gasteiger partial charge in [0.25, 0.3) is 0 Å². The van der Waals surface area contributed by atoms with E-state index in [1.807, 2.05) is 7.05 Å². The van der Waals surface area contributed by atoms with E-state index in [9.17, 15) is 4.79 Å². The number of nitrogens with zero attached hydrogens (tertiary/aromatic N) is 5. The molecular weight excluding hydrogens is 254 g/mol. The fourth-order valence-corrected chi connectivity index (χ4v) is 2.61. The molecule has 0 radical (unpaired) electrons. The second kappa shape index (κ2) is 5.40. The van der Waals surface area contributed by atoms with Gasteiger partial charge in [-0.25, -0.2) is 15.0 Å². The van der Waals surface area contributed by atoms with E-state index in [1.54, 1.807) is 35.4 Å². The summed E-state index contributed by atoms with van der Waals surface area (Å²) in [6, 6.07) is 1.80. The molecule has 104 valence electrons. The summed E-state index contributed by atoms with van der Waals surface area (Å²) < 4.78 is 1.78. The van der Waals surface area contributed by atoms with Crippen molar-refractivity contribution in [3.8, 4) is 0 Å². The molecule has 0 N–H and O–H groups in total. The highest BCUT2D eigenvalue weighted by molar-refractivity contribution is 5.95. The lowest BCUT2D eigenvalue weighted by Crippen LogP contribution is -2.40. The molecule has 1 aliphatic rings. The molecule has 1 unspecified atom stereocenters. The van der Waals surface area contributed by atoms with Gasteiger partial charge in [0.2, 0.25) is 11.7 Å². The lowest BCUT2D eigenvalue weighted by Gasteiger charge is -2.31. The first-order chi connectivity index (χ1) is 9.75. The molecule has 6 nitrogen and oxygen atoms in total. The van der Waals surface area contributed by atoms with Crippen molar-refractivity contribution in [2.45, 2.75) is 12.8 Å². The number of Topliss-reactive ketones (excluding diaryl/α,β-unsaturated/α-hetero) is 1. The predicted octanol–water partition coefficient (Wildman–Crippen LogP) is 1.31. The lowest BCUT2D eigenvalue weighted by atomic mass is 9.93. The number of carbonyl (C=O) groups is 1. The summed E-state index contributed by atoms with van der Waals surface area (Å²) in [5.74, 6) is 1.31. The molecule has 1 atom stereocenters. The van der Waals surface area contributed by atoms with E-state index in [0.29, 0.717) is 18.3 Å². The second-order valence-electron chi connectivity index (χ2n) is 5.06. The van der Waals surface area contributed by atoms with Gasteiger partial charge < -0.3 is 9.47 Å². The molecule has 0 spiro atoms. The van der Waals surface area contributed by atoms with Crippen molar-refractivity contribution in [3.63, 3.8) is 0 Å². The minimum Gasteiger partial charge on any atom is -0.340 e. The fraction of sp³-hybridized carbons (Fsp3) is 0.429. The zero-order valence-corrected chi connectivity index (χ0v) is 11.4. The van der Waals surface area contributed by atoms with E-state index in [0.717, 1.165) is 19.4 Å². The highest BCUT2D eigenvalue weighted by Crippen LogP contribution is 2.22. The number of hydrogen-bond donors (Lipinski definition) is 0. The monoisotopic (exact) mass is 271 g/mol. The molecule has 2 aromatic heterocycles. The largest absolute Gasteiger partial charge is 0.340 e. The molecule has 0 saturated carbocycles. The van der Waals surface area contributed by atoms with Crippen molar-refractivity contribution in [1.29, 1.82) is 0 Å². The summed E-state index contributed by atoms with van der Waals surface area (Å²) in [6.07, 6.45) is 8.79. The van der Waals surface area contributed by atoms with Gasteiger partial charge in [-0.2, -0.15) is 0 Å². The van der Waals surface area contributed by atoms with Crippen LogP contribution in [0.25, 0.3) is 0 Å². The van der Waals surface area contributed by atoms with Gasteiger partial charge in [0, 0.05) is 50.8 Å². The van der Waals surface area contributed by atoms with Crippen LogP contribution in [0.15, 0.2) is 30.9 Å². The van der Waals surface area contributed by atoms with E-state index in [-0.39, 0.29) is 11.7 Å². The molecule has 0 amide bonds. The number of piperidine rings is 1. The first-order valence-corrected chi connectivity index (χ1v) is 6.79. The predicted molar refractivity (Wildman–Crippen MR) is 74.5 cm³/mol. The van der Waals surface area contributed by atoms with Crippen molar-refractivity contribution >= 4 is 11.7 Å². The molecule has 3 rings (SSSR count). The molecule has 2 aromatic rings. The van der Waals surface area contributed by atoms with Gasteiger partial charge in [-0.05, 0) is 18.9 Å². The van der Waals surface area contributed by atoms with Gasteiger partial charge in [-0.1, -0.05) is 0 Å². The number of anilines is 1. The van der Waals surface area contributed by atoms with Crippen LogP contribution in [0, 0.1) is 5.92 Å². The maximum Gasteiger partial charge on any atom is 0.225 e. The Morgan fingerprint density at radius 2 is 2.05 bits per heavy atom. The molecule has 0 aromatic carbocycles. The first kappa shape index (κ1) is 12.8. The van der Waals surface area contributed by atoms with Crippen molar-refractivity contribution in [1.82, 2.24) is 19.5 Å². The third-order valence-electron chi connectivity index (χ3n) is 3.67. The number of carbonyl (C=O) groups excluding carboxylic acids is 1. The van der Waals surface area contributed by atoms with Crippen LogP contribution in [0.2, 0.25) is 0 Å². The van der Waals surface area contributed by atoms with Gasteiger partial charge in [0.15, 0.2) is 5.82 Å². The van der Waals surface area contributed by atoms with Gasteiger partial charge in [0.05, 0.1) is 0 Å². The molecule has 6 heteroatoms. The normalized spacial score (nSPS) is 19.1. The van der Waals surface area contributed by atoms with Crippen LogP contribution in [0.1, 0.15) is 23.5 Å². The van der Waals surface area contributed by atoms with Crippen molar-refractivity contribution < 1.29 is 4.79 Å². The van der Waals surface area contributed by atoms with Crippen molar-refractivity contribution in [2.75, 3.05) is 18.0 Å². The Morgan fingerprint density at radius 1 is 1.25 bits per heavy atom. The fourth-order valence-electron chi connectivity index (χ4n) is 2.61. The quantitative estimate of drug-likeness (QED) is 0.788. The van der Waals surface area contributed by atoms with Crippen LogP contribution in [0.4, 0.5) is 5.95 Å². The minimum absolute atomic E-state index is 0.0337. The number of aryl methyl sites for hydroxylation is 1. The Hall–Kier alpha value is -2.24. The Morgan fingerprint density at radius 3 is 2.75 bits per heavy atom. The average Bonchev–Trinajstić information content (AvgIpc) is 2.94. The SMILES string of the molecule is Cn1ccnc1C(=O)C1CCCN(c2ncccn2)C1. The summed E-state index contributed by atoms with van der Waals surface area (Å²) in [4.78, 5) is 27.3. The Balaban J connectivity index is 1.76. The smallest absolute Gasteiger partial charge is 0.225 e. The summed E-state index contributed by atoms with van der Waals surface area (Å²) in [5.41, 5.74) is 0. The lowest BCUT2D eigenvalue weighted by molar-refractivity contribution is 0.0893. The molecular formula is C14H17N5O. The van der Waals surface area contributed by atoms with Gasteiger partial charge in [0.1, 0.15) is 0 Å². The number of hydrogen-bond acceptors (Lipinski definition) is 5. The van der Waals surface area contributed by atoms with E-state index in [4.69, 9.17) is 0 Å². The van der Waals surface area contributed by atoms with Crippen LogP contribution >= 0.6 is 0 Å². The van der Waals surface area contributed by atoms with E-state index in [1.165, 1.54) is 0 Å². The summed E-state index contributed by atoms with van der Waals surface area (Å²) in [6.45, 7) is 1.56. The van der Waals surface area contributed by atoms with Crippen LogP contribution in [0.5, 0.6) is 0 Å². The number of imidazole rings is 1. The summed E-state index contributed by atoms with van der Waals surface area (Å²) in [7, 11) is 1.85. The summed E-state index contributed by atoms with van der Waals surface area (Å²) >= 11 is 0. The molecule has 1 fully saturated rings. The van der Waals surface area contributed by atoms with E-state index < -0.39 is 0 Å². The summed E-state index contributed by atoms with van der Waals surface area (Å²) in [5, 5.41) is 0. The third-order valence-corrected chi connectivity index (χ3v) is 3.67. The van der Waals surface area contributed by atoms with Gasteiger partial charge in [-0.3, -0.25) is 4.79 Å². The van der Waals surface area contributed by atoms with Crippen LogP contribution in [-0.2, 0) is 7.05 Å². The number of aromatic nitrogens is 4. The molecule has 3 heterocycles. The van der Waals surface area contributed by atoms with Crippen LogP contribution in [0.3, 0.4) is 0 Å². The van der Waals surface area contributed by atoms with Crippen molar-refractivity contribution in [3.05, 3.63) is 36.7 Å². The molecule has 0 aliphatic carbocycles. The van der Waals surface area contributed by atoms with Crippen LogP contribution in [-0.4, -0.2) is 38.4 Å². The molecule has 1 aliphatic heterocycles. The van der Waals surface area contributed by atoms with Crippen LogP contribution < -0.4 is 4.90 Å². The topological polar surface area (TPSA) is 63.9 Å². The average molecular weight is 271 g/mol.